The molecule has 0 saturated heterocycles. The molecule has 0 amide bonds. The van der Waals surface area contributed by atoms with Crippen LogP contribution in [0.5, 0.6) is 0 Å². The summed E-state index contributed by atoms with van der Waals surface area (Å²) in [7, 11) is 0. The number of hydrogen-bond donors (Lipinski definition) is 1. The summed E-state index contributed by atoms with van der Waals surface area (Å²) in [5, 5.41) is 10.0. The fourth-order valence-corrected chi connectivity index (χ4v) is 5.90. The SMILES string of the molecule is CC(C)(C)C(=O)O[C@H]1CC[C@H]2[C@H](CCO)[C@@H](c3ccccc3)[C@H](OC(=O)C(C)(C)C)C[C@]12C. The van der Waals surface area contributed by atoms with Crippen molar-refractivity contribution in [2.45, 2.75) is 92.3 Å². The monoisotopic (exact) mass is 458 g/mol. The molecular formula is C28H42O5. The predicted octanol–water partition coefficient (Wildman–Crippen LogP) is 5.50. The average molecular weight is 459 g/mol. The van der Waals surface area contributed by atoms with Gasteiger partial charge in [0.25, 0.3) is 0 Å². The van der Waals surface area contributed by atoms with Gasteiger partial charge in [0.2, 0.25) is 0 Å². The molecule has 0 heterocycles. The number of aliphatic hydroxyl groups excluding tert-OH is 1. The molecule has 0 spiro atoms. The van der Waals surface area contributed by atoms with Gasteiger partial charge in [0.15, 0.2) is 0 Å². The van der Waals surface area contributed by atoms with Crippen molar-refractivity contribution in [1.82, 2.24) is 0 Å². The number of carbonyl (C=O) groups is 2. The Morgan fingerprint density at radius 1 is 0.970 bits per heavy atom. The summed E-state index contributed by atoms with van der Waals surface area (Å²) < 4.78 is 12.3. The normalized spacial score (nSPS) is 32.2. The largest absolute Gasteiger partial charge is 0.461 e. The molecular weight excluding hydrogens is 416 g/mol. The average Bonchev–Trinajstić information content (AvgIpc) is 3.03. The molecule has 0 radical (unpaired) electrons. The maximum absolute atomic E-state index is 13.0. The van der Waals surface area contributed by atoms with Gasteiger partial charge in [-0.2, -0.15) is 0 Å². The Labute approximate surface area is 199 Å². The lowest BCUT2D eigenvalue weighted by atomic mass is 9.56. The zero-order valence-electron chi connectivity index (χ0n) is 21.4. The Bertz CT molecular complexity index is 834. The Balaban J connectivity index is 2.01. The second-order valence-corrected chi connectivity index (χ2v) is 12.3. The minimum Gasteiger partial charge on any atom is -0.461 e. The lowest BCUT2D eigenvalue weighted by Crippen LogP contribution is -2.52. The molecule has 0 unspecified atom stereocenters. The summed E-state index contributed by atoms with van der Waals surface area (Å²) >= 11 is 0. The summed E-state index contributed by atoms with van der Waals surface area (Å²) in [6.07, 6.45) is 2.44. The smallest absolute Gasteiger partial charge is 0.311 e. The highest BCUT2D eigenvalue weighted by Gasteiger charge is 2.59. The third-order valence-electron chi connectivity index (χ3n) is 7.72. The molecule has 3 rings (SSSR count). The van der Waals surface area contributed by atoms with Crippen molar-refractivity contribution < 1.29 is 24.2 Å². The van der Waals surface area contributed by atoms with Crippen molar-refractivity contribution in [2.75, 3.05) is 6.61 Å². The topological polar surface area (TPSA) is 72.8 Å². The highest BCUT2D eigenvalue weighted by molar-refractivity contribution is 5.76. The molecule has 0 aliphatic heterocycles. The van der Waals surface area contributed by atoms with Gasteiger partial charge in [-0.1, -0.05) is 37.3 Å². The molecule has 1 aromatic rings. The van der Waals surface area contributed by atoms with Gasteiger partial charge in [-0.15, -0.1) is 0 Å². The summed E-state index contributed by atoms with van der Waals surface area (Å²) in [4.78, 5) is 25.8. The van der Waals surface area contributed by atoms with E-state index in [0.717, 1.165) is 18.4 Å². The molecule has 2 aliphatic carbocycles. The molecule has 2 saturated carbocycles. The van der Waals surface area contributed by atoms with E-state index in [1.807, 2.05) is 59.7 Å². The van der Waals surface area contributed by atoms with E-state index in [1.54, 1.807) is 0 Å². The molecule has 2 aliphatic rings. The molecule has 1 aromatic carbocycles. The maximum atomic E-state index is 13.0. The number of aliphatic hydroxyl groups is 1. The number of carbonyl (C=O) groups excluding carboxylic acids is 2. The van der Waals surface area contributed by atoms with E-state index in [2.05, 4.69) is 19.1 Å². The second-order valence-electron chi connectivity index (χ2n) is 12.3. The van der Waals surface area contributed by atoms with Crippen molar-refractivity contribution >= 4 is 11.9 Å². The van der Waals surface area contributed by atoms with Crippen LogP contribution in [-0.4, -0.2) is 35.9 Å². The van der Waals surface area contributed by atoms with E-state index in [0.29, 0.717) is 12.8 Å². The fourth-order valence-electron chi connectivity index (χ4n) is 5.90. The molecule has 5 nitrogen and oxygen atoms in total. The summed E-state index contributed by atoms with van der Waals surface area (Å²) in [6, 6.07) is 10.2. The fraction of sp³-hybridized carbons (Fsp3) is 0.714. The minimum absolute atomic E-state index is 0.000192. The first-order chi connectivity index (χ1) is 15.3. The van der Waals surface area contributed by atoms with E-state index in [1.165, 1.54) is 0 Å². The van der Waals surface area contributed by atoms with Crippen molar-refractivity contribution in [1.29, 1.82) is 0 Å². The van der Waals surface area contributed by atoms with Gasteiger partial charge < -0.3 is 14.6 Å². The zero-order valence-corrected chi connectivity index (χ0v) is 21.4. The van der Waals surface area contributed by atoms with Crippen LogP contribution in [0, 0.1) is 28.1 Å². The summed E-state index contributed by atoms with van der Waals surface area (Å²) in [6.45, 7) is 13.5. The molecule has 184 valence electrons. The highest BCUT2D eigenvalue weighted by Crippen LogP contribution is 2.60. The number of rotatable bonds is 5. The molecule has 0 aromatic heterocycles. The van der Waals surface area contributed by atoms with Crippen LogP contribution in [-0.2, 0) is 19.1 Å². The Hall–Kier alpha value is -1.88. The molecule has 6 atom stereocenters. The molecule has 5 heteroatoms. The first-order valence-electron chi connectivity index (χ1n) is 12.4. The van der Waals surface area contributed by atoms with Gasteiger partial charge in [0, 0.05) is 17.9 Å². The number of ether oxygens (including phenoxy) is 2. The second kappa shape index (κ2) is 9.40. The number of benzene rings is 1. The summed E-state index contributed by atoms with van der Waals surface area (Å²) in [5.74, 6) is -0.00905. The third-order valence-corrected chi connectivity index (χ3v) is 7.72. The quantitative estimate of drug-likeness (QED) is 0.590. The molecule has 2 fully saturated rings. The van der Waals surface area contributed by atoms with Gasteiger partial charge in [-0.05, 0) is 84.6 Å². The standard InChI is InChI=1S/C28H42O5/c1-26(2,3)24(30)32-21-17-28(7)20(13-14-22(28)33-25(31)27(4,5)6)19(15-16-29)23(21)18-11-9-8-10-12-18/h8-12,19-23,29H,13-17H2,1-7H3/t19-,20-,21+,22-,23+,28-/m0/s1. The first kappa shape index (κ1) is 25.7. The van der Waals surface area contributed by atoms with E-state index in [4.69, 9.17) is 9.47 Å². The molecule has 33 heavy (non-hydrogen) atoms. The number of hydrogen-bond acceptors (Lipinski definition) is 5. The zero-order chi connectivity index (χ0) is 24.6. The van der Waals surface area contributed by atoms with Gasteiger partial charge in [-0.25, -0.2) is 0 Å². The highest BCUT2D eigenvalue weighted by atomic mass is 16.6. The van der Waals surface area contributed by atoms with E-state index in [9.17, 15) is 14.7 Å². The van der Waals surface area contributed by atoms with Crippen LogP contribution in [0.3, 0.4) is 0 Å². The third kappa shape index (κ3) is 5.29. The van der Waals surface area contributed by atoms with Gasteiger partial charge in [-0.3, -0.25) is 9.59 Å². The minimum atomic E-state index is -0.612. The lowest BCUT2D eigenvalue weighted by molar-refractivity contribution is -0.180. The van der Waals surface area contributed by atoms with Gasteiger partial charge in [0.1, 0.15) is 12.2 Å². The van der Waals surface area contributed by atoms with Crippen LogP contribution in [0.15, 0.2) is 30.3 Å². The van der Waals surface area contributed by atoms with Crippen molar-refractivity contribution in [3.63, 3.8) is 0 Å². The van der Waals surface area contributed by atoms with E-state index >= 15 is 0 Å². The van der Waals surface area contributed by atoms with Gasteiger partial charge >= 0.3 is 11.9 Å². The Kier molecular flexibility index (Phi) is 7.33. The van der Waals surface area contributed by atoms with Crippen molar-refractivity contribution in [2.24, 2.45) is 28.1 Å². The first-order valence-corrected chi connectivity index (χ1v) is 12.4. The summed E-state index contributed by atoms with van der Waals surface area (Å²) in [5.41, 5.74) is -0.355. The number of esters is 2. The molecule has 0 bridgehead atoms. The van der Waals surface area contributed by atoms with Crippen molar-refractivity contribution in [3.8, 4) is 0 Å². The van der Waals surface area contributed by atoms with E-state index < -0.39 is 10.8 Å². The maximum Gasteiger partial charge on any atom is 0.311 e. The van der Waals surface area contributed by atoms with Crippen LogP contribution in [0.4, 0.5) is 0 Å². The van der Waals surface area contributed by atoms with Crippen LogP contribution in [0.1, 0.15) is 85.6 Å². The van der Waals surface area contributed by atoms with Crippen LogP contribution in [0.25, 0.3) is 0 Å². The molecule has 1 N–H and O–H groups in total. The van der Waals surface area contributed by atoms with Gasteiger partial charge in [0.05, 0.1) is 10.8 Å². The Morgan fingerprint density at radius 2 is 1.55 bits per heavy atom. The Morgan fingerprint density at radius 3 is 2.09 bits per heavy atom. The van der Waals surface area contributed by atoms with Crippen molar-refractivity contribution in [3.05, 3.63) is 35.9 Å². The lowest BCUT2D eigenvalue weighted by Gasteiger charge is -2.51. The number of fused-ring (bicyclic) bond motifs is 1. The van der Waals surface area contributed by atoms with Crippen LogP contribution < -0.4 is 0 Å². The van der Waals surface area contributed by atoms with Crippen LogP contribution in [0.2, 0.25) is 0 Å². The van der Waals surface area contributed by atoms with E-state index in [-0.39, 0.29) is 53.9 Å². The predicted molar refractivity (Wildman–Crippen MR) is 128 cm³/mol. The van der Waals surface area contributed by atoms with Crippen LogP contribution >= 0.6 is 0 Å².